The second kappa shape index (κ2) is 7.57. The fraction of sp³-hybridized carbons (Fsp3) is 0.538. The summed E-state index contributed by atoms with van der Waals surface area (Å²) in [6, 6.07) is 6.48. The SMILES string of the molecule is CC.CC.Cc1ccc2c(c1)COC2. The van der Waals surface area contributed by atoms with Gasteiger partial charge in [0.2, 0.25) is 0 Å². The first kappa shape index (κ1) is 13.2. The fourth-order valence-electron chi connectivity index (χ4n) is 1.30. The van der Waals surface area contributed by atoms with E-state index in [-0.39, 0.29) is 0 Å². The number of benzene rings is 1. The zero-order valence-corrected chi connectivity index (χ0v) is 10.1. The Morgan fingerprint density at radius 1 is 0.929 bits per heavy atom. The Hall–Kier alpha value is -0.820. The normalized spacial score (nSPS) is 11.8. The summed E-state index contributed by atoms with van der Waals surface area (Å²) in [6.45, 7) is 11.7. The van der Waals surface area contributed by atoms with Gasteiger partial charge in [0.25, 0.3) is 0 Å². The topological polar surface area (TPSA) is 9.23 Å². The third-order valence-corrected chi connectivity index (χ3v) is 1.88. The molecule has 1 aromatic carbocycles. The van der Waals surface area contributed by atoms with Crippen LogP contribution in [0.5, 0.6) is 0 Å². The Balaban J connectivity index is 0.000000379. The predicted molar refractivity (Wildman–Crippen MR) is 62.4 cm³/mol. The Bertz CT molecular complexity index is 253. The molecule has 0 unspecified atom stereocenters. The number of hydrogen-bond acceptors (Lipinski definition) is 1. The van der Waals surface area contributed by atoms with Crippen molar-refractivity contribution >= 4 is 0 Å². The zero-order valence-electron chi connectivity index (χ0n) is 10.1. The van der Waals surface area contributed by atoms with Gasteiger partial charge in [0.15, 0.2) is 0 Å². The van der Waals surface area contributed by atoms with Crippen LogP contribution in [-0.4, -0.2) is 0 Å². The van der Waals surface area contributed by atoms with Gasteiger partial charge in [0, 0.05) is 0 Å². The highest BCUT2D eigenvalue weighted by molar-refractivity contribution is 5.32. The maximum atomic E-state index is 5.27. The highest BCUT2D eigenvalue weighted by atomic mass is 16.5. The van der Waals surface area contributed by atoms with Crippen molar-refractivity contribution in [3.05, 3.63) is 34.9 Å². The van der Waals surface area contributed by atoms with E-state index in [1.54, 1.807) is 0 Å². The van der Waals surface area contributed by atoms with E-state index in [1.807, 2.05) is 27.7 Å². The smallest absolute Gasteiger partial charge is 0.0725 e. The first-order chi connectivity index (χ1) is 6.86. The minimum Gasteiger partial charge on any atom is -0.372 e. The molecule has 0 radical (unpaired) electrons. The lowest BCUT2D eigenvalue weighted by molar-refractivity contribution is 0.134. The van der Waals surface area contributed by atoms with E-state index < -0.39 is 0 Å². The van der Waals surface area contributed by atoms with Gasteiger partial charge in [-0.05, 0) is 18.1 Å². The van der Waals surface area contributed by atoms with Crippen LogP contribution in [0.1, 0.15) is 44.4 Å². The molecule has 1 aliphatic heterocycles. The molecule has 14 heavy (non-hydrogen) atoms. The van der Waals surface area contributed by atoms with Crippen LogP contribution in [0.4, 0.5) is 0 Å². The van der Waals surface area contributed by atoms with Gasteiger partial charge in [-0.2, -0.15) is 0 Å². The molecule has 0 fully saturated rings. The molecule has 0 spiro atoms. The van der Waals surface area contributed by atoms with E-state index in [1.165, 1.54) is 16.7 Å². The van der Waals surface area contributed by atoms with Gasteiger partial charge in [-0.1, -0.05) is 51.5 Å². The highest BCUT2D eigenvalue weighted by Crippen LogP contribution is 2.19. The second-order valence-corrected chi connectivity index (χ2v) is 2.76. The summed E-state index contributed by atoms with van der Waals surface area (Å²) in [5, 5.41) is 0. The van der Waals surface area contributed by atoms with Crippen LogP contribution < -0.4 is 0 Å². The summed E-state index contributed by atoms with van der Waals surface area (Å²) in [7, 11) is 0. The lowest BCUT2D eigenvalue weighted by Gasteiger charge is -1.95. The maximum absolute atomic E-state index is 5.27. The van der Waals surface area contributed by atoms with E-state index in [2.05, 4.69) is 25.1 Å². The monoisotopic (exact) mass is 194 g/mol. The van der Waals surface area contributed by atoms with E-state index in [0.717, 1.165) is 13.2 Å². The average Bonchev–Trinajstić information content (AvgIpc) is 2.71. The molecule has 0 amide bonds. The quantitative estimate of drug-likeness (QED) is 0.604. The van der Waals surface area contributed by atoms with Gasteiger partial charge in [-0.15, -0.1) is 0 Å². The summed E-state index contributed by atoms with van der Waals surface area (Å²) in [6.07, 6.45) is 0. The van der Waals surface area contributed by atoms with Crippen LogP contribution in [0, 0.1) is 6.92 Å². The Morgan fingerprint density at radius 3 is 2.14 bits per heavy atom. The molecule has 0 saturated heterocycles. The number of hydrogen-bond donors (Lipinski definition) is 0. The van der Waals surface area contributed by atoms with Gasteiger partial charge >= 0.3 is 0 Å². The van der Waals surface area contributed by atoms with Crippen molar-refractivity contribution < 1.29 is 4.74 Å². The Labute approximate surface area is 88.1 Å². The van der Waals surface area contributed by atoms with Crippen molar-refractivity contribution in [1.82, 2.24) is 0 Å². The molecule has 2 rings (SSSR count). The molecular weight excluding hydrogens is 172 g/mol. The van der Waals surface area contributed by atoms with E-state index in [9.17, 15) is 0 Å². The van der Waals surface area contributed by atoms with Crippen LogP contribution in [0.2, 0.25) is 0 Å². The maximum Gasteiger partial charge on any atom is 0.0725 e. The van der Waals surface area contributed by atoms with Crippen LogP contribution in [0.15, 0.2) is 18.2 Å². The largest absolute Gasteiger partial charge is 0.372 e. The lowest BCUT2D eigenvalue weighted by atomic mass is 10.1. The molecule has 1 nitrogen and oxygen atoms in total. The molecule has 1 heteroatoms. The van der Waals surface area contributed by atoms with Crippen molar-refractivity contribution in [1.29, 1.82) is 0 Å². The molecule has 0 N–H and O–H groups in total. The molecule has 1 aromatic rings. The van der Waals surface area contributed by atoms with E-state index in [4.69, 9.17) is 4.74 Å². The number of rotatable bonds is 0. The Kier molecular flexibility index (Phi) is 7.13. The van der Waals surface area contributed by atoms with Gasteiger partial charge in [0.1, 0.15) is 0 Å². The molecule has 0 aromatic heterocycles. The van der Waals surface area contributed by atoms with Gasteiger partial charge < -0.3 is 4.74 Å². The Morgan fingerprint density at radius 2 is 1.50 bits per heavy atom. The van der Waals surface area contributed by atoms with Crippen molar-refractivity contribution in [3.8, 4) is 0 Å². The van der Waals surface area contributed by atoms with Gasteiger partial charge in [-0.25, -0.2) is 0 Å². The van der Waals surface area contributed by atoms with Crippen molar-refractivity contribution in [2.75, 3.05) is 0 Å². The molecule has 0 aliphatic carbocycles. The molecule has 1 heterocycles. The number of fused-ring (bicyclic) bond motifs is 1. The van der Waals surface area contributed by atoms with Crippen LogP contribution in [-0.2, 0) is 18.0 Å². The number of ether oxygens (including phenoxy) is 1. The summed E-state index contributed by atoms with van der Waals surface area (Å²) in [5.74, 6) is 0. The lowest BCUT2D eigenvalue weighted by Crippen LogP contribution is -1.81. The standard InChI is InChI=1S/C9H10O.2C2H6/c1-7-2-3-8-5-10-6-9(8)4-7;2*1-2/h2-4H,5-6H2,1H3;2*1-2H3. The molecular formula is C13H22O. The number of aryl methyl sites for hydroxylation is 1. The van der Waals surface area contributed by atoms with Crippen molar-refractivity contribution in [3.63, 3.8) is 0 Å². The minimum absolute atomic E-state index is 0.801. The summed E-state index contributed by atoms with van der Waals surface area (Å²) in [5.41, 5.74) is 4.04. The van der Waals surface area contributed by atoms with Crippen LogP contribution in [0.25, 0.3) is 0 Å². The molecule has 80 valence electrons. The van der Waals surface area contributed by atoms with Crippen molar-refractivity contribution in [2.24, 2.45) is 0 Å². The molecule has 0 atom stereocenters. The summed E-state index contributed by atoms with van der Waals surface area (Å²) >= 11 is 0. The third-order valence-electron chi connectivity index (χ3n) is 1.88. The first-order valence-electron chi connectivity index (χ1n) is 5.52. The second-order valence-electron chi connectivity index (χ2n) is 2.76. The summed E-state index contributed by atoms with van der Waals surface area (Å²) < 4.78 is 5.27. The van der Waals surface area contributed by atoms with Crippen molar-refractivity contribution in [2.45, 2.75) is 47.8 Å². The van der Waals surface area contributed by atoms with Crippen LogP contribution in [0.3, 0.4) is 0 Å². The molecule has 1 aliphatic rings. The zero-order chi connectivity index (χ0) is 11.0. The predicted octanol–water partition coefficient (Wildman–Crippen LogP) is 4.08. The van der Waals surface area contributed by atoms with Gasteiger partial charge in [0.05, 0.1) is 13.2 Å². The molecule has 0 bridgehead atoms. The molecule has 0 saturated carbocycles. The van der Waals surface area contributed by atoms with Gasteiger partial charge in [-0.3, -0.25) is 0 Å². The minimum atomic E-state index is 0.801. The third kappa shape index (κ3) is 3.51. The highest BCUT2D eigenvalue weighted by Gasteiger charge is 2.09. The average molecular weight is 194 g/mol. The van der Waals surface area contributed by atoms with E-state index >= 15 is 0 Å². The van der Waals surface area contributed by atoms with Crippen LogP contribution >= 0.6 is 0 Å². The first-order valence-corrected chi connectivity index (χ1v) is 5.52. The fourth-order valence-corrected chi connectivity index (χ4v) is 1.30. The summed E-state index contributed by atoms with van der Waals surface area (Å²) in [4.78, 5) is 0. The van der Waals surface area contributed by atoms with E-state index in [0.29, 0.717) is 0 Å².